The molecule has 5 atom stereocenters. The number of imidazole rings is 1. The number of rotatable bonds is 3. The Morgan fingerprint density at radius 3 is 2.92 bits per heavy atom. The van der Waals surface area contributed by atoms with Gasteiger partial charge >= 0.3 is 5.69 Å². The number of halogens is 1. The molecule has 0 aliphatic heterocycles. The molecule has 2 fully saturated rings. The molecule has 24 heavy (non-hydrogen) atoms. The first-order chi connectivity index (χ1) is 11.5. The first kappa shape index (κ1) is 16.1. The monoisotopic (exact) mass is 350 g/mol. The Hall–Kier alpha value is -1.40. The van der Waals surface area contributed by atoms with Crippen molar-refractivity contribution < 1.29 is 5.11 Å². The standard InChI is InChI=1S/C17H23ClN4O2/c1-3-4-11-12-7-10(23)5-9(12)6-13(11)22-15-14(21(2)17(22)24)8-19-16(18)20-15/h8-13,23H,3-7H2,1-2H3. The molecule has 2 aliphatic carbocycles. The van der Waals surface area contributed by atoms with Crippen LogP contribution in [-0.2, 0) is 7.05 Å². The minimum absolute atomic E-state index is 0.0480. The summed E-state index contributed by atoms with van der Waals surface area (Å²) in [5.41, 5.74) is 1.30. The number of aliphatic hydroxyl groups is 1. The molecule has 0 bridgehead atoms. The van der Waals surface area contributed by atoms with E-state index in [2.05, 4.69) is 16.9 Å². The highest BCUT2D eigenvalue weighted by Crippen LogP contribution is 2.54. The van der Waals surface area contributed by atoms with E-state index in [4.69, 9.17) is 11.6 Å². The van der Waals surface area contributed by atoms with Crippen LogP contribution in [0.2, 0.25) is 5.28 Å². The Balaban J connectivity index is 1.83. The first-order valence-corrected chi connectivity index (χ1v) is 9.16. The van der Waals surface area contributed by atoms with E-state index in [0.717, 1.165) is 37.6 Å². The summed E-state index contributed by atoms with van der Waals surface area (Å²) in [6, 6.07) is 0.134. The van der Waals surface area contributed by atoms with E-state index in [1.807, 2.05) is 4.57 Å². The lowest BCUT2D eigenvalue weighted by molar-refractivity contribution is 0.157. The SMILES string of the molecule is CCCC1C2CC(O)CC2CC1n1c(=O)n(C)c2cnc(Cl)nc21. The van der Waals surface area contributed by atoms with Crippen molar-refractivity contribution in [1.82, 2.24) is 19.1 Å². The molecule has 1 N–H and O–H groups in total. The predicted octanol–water partition coefficient (Wildman–Crippen LogP) is 2.53. The van der Waals surface area contributed by atoms with Gasteiger partial charge in [0.25, 0.3) is 0 Å². The molecule has 2 aromatic heterocycles. The smallest absolute Gasteiger partial charge is 0.330 e. The highest BCUT2D eigenvalue weighted by Gasteiger charge is 2.49. The minimum Gasteiger partial charge on any atom is -0.393 e. The number of hydrogen-bond acceptors (Lipinski definition) is 4. The van der Waals surface area contributed by atoms with Gasteiger partial charge in [-0.2, -0.15) is 4.98 Å². The second-order valence-electron chi connectivity index (χ2n) is 7.36. The summed E-state index contributed by atoms with van der Waals surface area (Å²) in [5.74, 6) is 1.42. The van der Waals surface area contributed by atoms with Gasteiger partial charge in [-0.25, -0.2) is 9.78 Å². The minimum atomic E-state index is -0.179. The van der Waals surface area contributed by atoms with E-state index in [1.54, 1.807) is 17.8 Å². The van der Waals surface area contributed by atoms with Crippen molar-refractivity contribution in [2.45, 2.75) is 51.2 Å². The molecule has 4 rings (SSSR count). The fraction of sp³-hybridized carbons (Fsp3) is 0.706. The Morgan fingerprint density at radius 2 is 2.17 bits per heavy atom. The molecule has 5 unspecified atom stereocenters. The zero-order valence-electron chi connectivity index (χ0n) is 14.0. The number of fused-ring (bicyclic) bond motifs is 2. The zero-order chi connectivity index (χ0) is 17.0. The lowest BCUT2D eigenvalue weighted by atomic mass is 9.87. The average Bonchev–Trinajstić information content (AvgIpc) is 3.12. The molecule has 0 aromatic carbocycles. The summed E-state index contributed by atoms with van der Waals surface area (Å²) in [6.07, 6.45) is 6.25. The summed E-state index contributed by atoms with van der Waals surface area (Å²) >= 11 is 5.99. The van der Waals surface area contributed by atoms with Gasteiger partial charge in [-0.15, -0.1) is 0 Å². The Bertz CT molecular complexity index is 830. The summed E-state index contributed by atoms with van der Waals surface area (Å²) in [6.45, 7) is 2.18. The van der Waals surface area contributed by atoms with Crippen LogP contribution in [0.1, 0.15) is 45.1 Å². The first-order valence-electron chi connectivity index (χ1n) is 8.78. The van der Waals surface area contributed by atoms with Crippen molar-refractivity contribution >= 4 is 22.8 Å². The number of nitrogens with zero attached hydrogens (tertiary/aromatic N) is 4. The summed E-state index contributed by atoms with van der Waals surface area (Å²) < 4.78 is 3.45. The second-order valence-corrected chi connectivity index (χ2v) is 7.70. The third kappa shape index (κ3) is 2.30. The molecular weight excluding hydrogens is 328 g/mol. The van der Waals surface area contributed by atoms with Crippen molar-refractivity contribution in [3.05, 3.63) is 22.0 Å². The van der Waals surface area contributed by atoms with Crippen LogP contribution in [0.15, 0.2) is 11.0 Å². The molecule has 6 nitrogen and oxygen atoms in total. The lowest BCUT2D eigenvalue weighted by Crippen LogP contribution is -2.30. The van der Waals surface area contributed by atoms with E-state index in [0.29, 0.717) is 23.4 Å². The van der Waals surface area contributed by atoms with E-state index < -0.39 is 0 Å². The third-order valence-electron chi connectivity index (χ3n) is 6.07. The van der Waals surface area contributed by atoms with Gasteiger partial charge in [-0.05, 0) is 55.0 Å². The van der Waals surface area contributed by atoms with Gasteiger partial charge in [0.05, 0.1) is 12.3 Å². The van der Waals surface area contributed by atoms with Gasteiger partial charge in [0.15, 0.2) is 5.65 Å². The van der Waals surface area contributed by atoms with Gasteiger partial charge in [-0.1, -0.05) is 13.3 Å². The average molecular weight is 351 g/mol. The maximum absolute atomic E-state index is 12.9. The van der Waals surface area contributed by atoms with Crippen LogP contribution in [0.3, 0.4) is 0 Å². The Morgan fingerprint density at radius 1 is 1.38 bits per heavy atom. The van der Waals surface area contributed by atoms with Crippen LogP contribution in [0.4, 0.5) is 0 Å². The van der Waals surface area contributed by atoms with E-state index >= 15 is 0 Å². The molecule has 2 heterocycles. The quantitative estimate of drug-likeness (QED) is 0.863. The normalized spacial score (nSPS) is 32.6. The molecule has 2 saturated carbocycles. The molecule has 7 heteroatoms. The van der Waals surface area contributed by atoms with Gasteiger partial charge in [0.2, 0.25) is 5.28 Å². The lowest BCUT2D eigenvalue weighted by Gasteiger charge is -2.25. The van der Waals surface area contributed by atoms with Gasteiger partial charge in [0.1, 0.15) is 5.52 Å². The van der Waals surface area contributed by atoms with E-state index in [-0.39, 0.29) is 23.1 Å². The van der Waals surface area contributed by atoms with Crippen LogP contribution in [0.25, 0.3) is 11.2 Å². The van der Waals surface area contributed by atoms with Gasteiger partial charge in [-0.3, -0.25) is 9.13 Å². The van der Waals surface area contributed by atoms with E-state index in [9.17, 15) is 9.90 Å². The molecule has 0 radical (unpaired) electrons. The van der Waals surface area contributed by atoms with Crippen LogP contribution in [-0.4, -0.2) is 30.3 Å². The highest BCUT2D eigenvalue weighted by molar-refractivity contribution is 6.28. The van der Waals surface area contributed by atoms with E-state index in [1.165, 1.54) is 0 Å². The summed E-state index contributed by atoms with van der Waals surface area (Å²) in [7, 11) is 1.76. The molecule has 2 aromatic rings. The number of aryl methyl sites for hydroxylation is 1. The van der Waals surface area contributed by atoms with Crippen molar-refractivity contribution in [2.24, 2.45) is 24.8 Å². The van der Waals surface area contributed by atoms with Crippen molar-refractivity contribution in [2.75, 3.05) is 0 Å². The van der Waals surface area contributed by atoms with Crippen molar-refractivity contribution in [1.29, 1.82) is 0 Å². The maximum atomic E-state index is 12.9. The second kappa shape index (κ2) is 5.85. The van der Waals surface area contributed by atoms with Gasteiger partial charge < -0.3 is 5.11 Å². The largest absolute Gasteiger partial charge is 0.393 e. The predicted molar refractivity (Wildman–Crippen MR) is 92.1 cm³/mol. The molecule has 2 aliphatic rings. The van der Waals surface area contributed by atoms with Crippen LogP contribution < -0.4 is 5.69 Å². The fourth-order valence-corrected chi connectivity index (χ4v) is 5.27. The molecular formula is C17H23ClN4O2. The van der Waals surface area contributed by atoms with Crippen LogP contribution in [0.5, 0.6) is 0 Å². The topological polar surface area (TPSA) is 72.9 Å². The third-order valence-corrected chi connectivity index (χ3v) is 6.25. The van der Waals surface area contributed by atoms with Crippen molar-refractivity contribution in [3.8, 4) is 0 Å². The maximum Gasteiger partial charge on any atom is 0.330 e. The highest BCUT2D eigenvalue weighted by atomic mass is 35.5. The number of aliphatic hydroxyl groups excluding tert-OH is 1. The molecule has 130 valence electrons. The van der Waals surface area contributed by atoms with Crippen LogP contribution in [0, 0.1) is 17.8 Å². The Kier molecular flexibility index (Phi) is 3.92. The Labute approximate surface area is 145 Å². The number of hydrogen-bond donors (Lipinski definition) is 1. The fourth-order valence-electron chi connectivity index (χ4n) is 5.14. The summed E-state index contributed by atoms with van der Waals surface area (Å²) in [5, 5.41) is 10.2. The van der Waals surface area contributed by atoms with Gasteiger partial charge in [0, 0.05) is 13.1 Å². The number of aromatic nitrogens is 4. The molecule has 0 amide bonds. The zero-order valence-corrected chi connectivity index (χ0v) is 14.8. The molecule has 0 saturated heterocycles. The summed E-state index contributed by atoms with van der Waals surface area (Å²) in [4.78, 5) is 21.3. The van der Waals surface area contributed by atoms with Crippen molar-refractivity contribution in [3.63, 3.8) is 0 Å². The van der Waals surface area contributed by atoms with Crippen LogP contribution >= 0.6 is 11.6 Å². The molecule has 0 spiro atoms.